The second-order valence-corrected chi connectivity index (χ2v) is 5.12. The van der Waals surface area contributed by atoms with Gasteiger partial charge in [-0.15, -0.1) is 0 Å². The highest BCUT2D eigenvalue weighted by molar-refractivity contribution is 9.10. The highest BCUT2D eigenvalue weighted by Crippen LogP contribution is 2.38. The molecular formula is C12H11BrN2O. The number of halogens is 1. The molecular weight excluding hydrogens is 268 g/mol. The van der Waals surface area contributed by atoms with Crippen LogP contribution in [0.25, 0.3) is 10.9 Å². The first-order chi connectivity index (χ1) is 7.66. The third-order valence-corrected chi connectivity index (χ3v) is 3.47. The summed E-state index contributed by atoms with van der Waals surface area (Å²) in [7, 11) is 0. The third-order valence-electron chi connectivity index (χ3n) is 3.01. The predicted molar refractivity (Wildman–Crippen MR) is 66.4 cm³/mol. The standard InChI is InChI=1S/C12H11BrN2O/c13-7-5-10(12(14)16)9-3-4-15(8-1-2-8)11(9)6-7/h3-6,8H,1-2H2,(H2,14,16). The number of nitrogens with zero attached hydrogens (tertiary/aromatic N) is 1. The average molecular weight is 279 g/mol. The number of fused-ring (bicyclic) bond motifs is 1. The molecule has 0 radical (unpaired) electrons. The zero-order valence-electron chi connectivity index (χ0n) is 8.61. The van der Waals surface area contributed by atoms with Crippen LogP contribution in [0.5, 0.6) is 0 Å². The number of rotatable bonds is 2. The second-order valence-electron chi connectivity index (χ2n) is 4.20. The summed E-state index contributed by atoms with van der Waals surface area (Å²) in [5, 5.41) is 0.947. The molecule has 4 heteroatoms. The Morgan fingerprint density at radius 1 is 1.44 bits per heavy atom. The molecule has 82 valence electrons. The van der Waals surface area contributed by atoms with E-state index in [0.717, 1.165) is 15.4 Å². The van der Waals surface area contributed by atoms with Gasteiger partial charge in [-0.2, -0.15) is 0 Å². The topological polar surface area (TPSA) is 48.0 Å². The van der Waals surface area contributed by atoms with E-state index in [2.05, 4.69) is 20.5 Å². The first-order valence-corrected chi connectivity index (χ1v) is 6.06. The third kappa shape index (κ3) is 1.45. The Kier molecular flexibility index (Phi) is 2.07. The largest absolute Gasteiger partial charge is 0.366 e. The Balaban J connectivity index is 2.31. The SMILES string of the molecule is NC(=O)c1cc(Br)cc2c1ccn2C1CC1. The van der Waals surface area contributed by atoms with Crippen molar-refractivity contribution in [3.05, 3.63) is 34.4 Å². The van der Waals surface area contributed by atoms with Gasteiger partial charge in [0.25, 0.3) is 0 Å². The Morgan fingerprint density at radius 3 is 2.81 bits per heavy atom. The summed E-state index contributed by atoms with van der Waals surface area (Å²) in [6, 6.07) is 6.40. The number of aromatic nitrogens is 1. The van der Waals surface area contributed by atoms with Crippen molar-refractivity contribution in [3.63, 3.8) is 0 Å². The van der Waals surface area contributed by atoms with Crippen molar-refractivity contribution in [2.45, 2.75) is 18.9 Å². The van der Waals surface area contributed by atoms with Crippen LogP contribution in [-0.2, 0) is 0 Å². The van der Waals surface area contributed by atoms with Gasteiger partial charge in [0, 0.05) is 27.7 Å². The van der Waals surface area contributed by atoms with Gasteiger partial charge in [-0.1, -0.05) is 15.9 Å². The number of hydrogen-bond acceptors (Lipinski definition) is 1. The van der Waals surface area contributed by atoms with E-state index in [-0.39, 0.29) is 5.91 Å². The van der Waals surface area contributed by atoms with E-state index in [1.54, 1.807) is 6.07 Å². The minimum absolute atomic E-state index is 0.375. The molecule has 1 aliphatic rings. The van der Waals surface area contributed by atoms with Gasteiger partial charge in [0.05, 0.1) is 5.52 Å². The zero-order chi connectivity index (χ0) is 11.3. The fourth-order valence-corrected chi connectivity index (χ4v) is 2.55. The number of carbonyl (C=O) groups is 1. The molecule has 1 aliphatic carbocycles. The number of hydrogen-bond donors (Lipinski definition) is 1. The monoisotopic (exact) mass is 278 g/mol. The van der Waals surface area contributed by atoms with Crippen LogP contribution in [-0.4, -0.2) is 10.5 Å². The number of amides is 1. The van der Waals surface area contributed by atoms with Crippen LogP contribution in [0.15, 0.2) is 28.9 Å². The molecule has 0 atom stereocenters. The molecule has 0 aliphatic heterocycles. The normalized spacial score (nSPS) is 15.6. The van der Waals surface area contributed by atoms with Gasteiger partial charge in [0.2, 0.25) is 5.91 Å². The van der Waals surface area contributed by atoms with Crippen LogP contribution in [0.3, 0.4) is 0 Å². The Bertz CT molecular complexity index is 584. The summed E-state index contributed by atoms with van der Waals surface area (Å²) >= 11 is 3.42. The fourth-order valence-electron chi connectivity index (χ4n) is 2.10. The van der Waals surface area contributed by atoms with Crippen molar-refractivity contribution in [2.24, 2.45) is 5.73 Å². The highest BCUT2D eigenvalue weighted by atomic mass is 79.9. The Hall–Kier alpha value is -1.29. The lowest BCUT2D eigenvalue weighted by Crippen LogP contribution is -2.11. The van der Waals surface area contributed by atoms with Crippen LogP contribution in [0.1, 0.15) is 29.2 Å². The molecule has 1 aromatic carbocycles. The average Bonchev–Trinajstić information content (AvgIpc) is 2.98. The Labute approximate surface area is 101 Å². The summed E-state index contributed by atoms with van der Waals surface area (Å²) in [4.78, 5) is 11.4. The Morgan fingerprint density at radius 2 is 2.19 bits per heavy atom. The van der Waals surface area contributed by atoms with Gasteiger partial charge in [0.15, 0.2) is 0 Å². The van der Waals surface area contributed by atoms with Gasteiger partial charge in [-0.3, -0.25) is 4.79 Å². The first kappa shape index (κ1) is 9.90. The van der Waals surface area contributed by atoms with E-state index >= 15 is 0 Å². The molecule has 16 heavy (non-hydrogen) atoms. The summed E-state index contributed by atoms with van der Waals surface area (Å²) in [6.45, 7) is 0. The van der Waals surface area contributed by atoms with Gasteiger partial charge in [0.1, 0.15) is 0 Å². The van der Waals surface area contributed by atoms with E-state index in [4.69, 9.17) is 5.73 Å². The quantitative estimate of drug-likeness (QED) is 0.902. The number of primary amides is 1. The highest BCUT2D eigenvalue weighted by Gasteiger charge is 2.25. The molecule has 0 spiro atoms. The van der Waals surface area contributed by atoms with Crippen molar-refractivity contribution >= 4 is 32.7 Å². The molecule has 0 unspecified atom stereocenters. The lowest BCUT2D eigenvalue weighted by Gasteiger charge is -2.05. The molecule has 1 fully saturated rings. The van der Waals surface area contributed by atoms with Crippen molar-refractivity contribution in [1.29, 1.82) is 0 Å². The predicted octanol–water partition coefficient (Wildman–Crippen LogP) is 2.84. The maximum Gasteiger partial charge on any atom is 0.249 e. The van der Waals surface area contributed by atoms with Gasteiger partial charge >= 0.3 is 0 Å². The minimum atomic E-state index is -0.375. The summed E-state index contributed by atoms with van der Waals surface area (Å²) in [6.07, 6.45) is 4.49. The second kappa shape index (κ2) is 3.35. The molecule has 2 N–H and O–H groups in total. The zero-order valence-corrected chi connectivity index (χ0v) is 10.2. The van der Waals surface area contributed by atoms with E-state index in [1.807, 2.05) is 18.3 Å². The number of nitrogens with two attached hydrogens (primary N) is 1. The molecule has 0 saturated heterocycles. The maximum atomic E-state index is 11.4. The first-order valence-electron chi connectivity index (χ1n) is 5.26. The fraction of sp³-hybridized carbons (Fsp3) is 0.250. The van der Waals surface area contributed by atoms with E-state index < -0.39 is 0 Å². The molecule has 1 saturated carbocycles. The van der Waals surface area contributed by atoms with E-state index in [9.17, 15) is 4.79 Å². The van der Waals surface area contributed by atoms with Crippen molar-refractivity contribution in [1.82, 2.24) is 4.57 Å². The van der Waals surface area contributed by atoms with Crippen LogP contribution >= 0.6 is 15.9 Å². The van der Waals surface area contributed by atoms with Crippen LogP contribution < -0.4 is 5.73 Å². The maximum absolute atomic E-state index is 11.4. The molecule has 3 rings (SSSR count). The van der Waals surface area contributed by atoms with Crippen LogP contribution in [0, 0.1) is 0 Å². The minimum Gasteiger partial charge on any atom is -0.366 e. The summed E-state index contributed by atoms with van der Waals surface area (Å²) in [5.74, 6) is -0.375. The van der Waals surface area contributed by atoms with Crippen molar-refractivity contribution in [2.75, 3.05) is 0 Å². The van der Waals surface area contributed by atoms with Gasteiger partial charge in [-0.05, 0) is 31.0 Å². The van der Waals surface area contributed by atoms with Crippen molar-refractivity contribution in [3.8, 4) is 0 Å². The molecule has 1 aromatic heterocycles. The molecule has 3 nitrogen and oxygen atoms in total. The molecule has 1 amide bonds. The van der Waals surface area contributed by atoms with Crippen LogP contribution in [0.2, 0.25) is 0 Å². The smallest absolute Gasteiger partial charge is 0.249 e. The van der Waals surface area contributed by atoms with E-state index in [0.29, 0.717) is 11.6 Å². The van der Waals surface area contributed by atoms with Gasteiger partial charge < -0.3 is 10.3 Å². The van der Waals surface area contributed by atoms with E-state index in [1.165, 1.54) is 12.8 Å². The summed E-state index contributed by atoms with van der Waals surface area (Å²) in [5.41, 5.74) is 7.06. The van der Waals surface area contributed by atoms with Crippen LogP contribution in [0.4, 0.5) is 0 Å². The van der Waals surface area contributed by atoms with Gasteiger partial charge in [-0.25, -0.2) is 0 Å². The number of benzene rings is 1. The molecule has 2 aromatic rings. The van der Waals surface area contributed by atoms with Crippen molar-refractivity contribution < 1.29 is 4.79 Å². The number of carbonyl (C=O) groups excluding carboxylic acids is 1. The lowest BCUT2D eigenvalue weighted by molar-refractivity contribution is 0.100. The summed E-state index contributed by atoms with van der Waals surface area (Å²) < 4.78 is 3.13. The lowest BCUT2D eigenvalue weighted by atomic mass is 10.1. The molecule has 1 heterocycles. The molecule has 0 bridgehead atoms.